The summed E-state index contributed by atoms with van der Waals surface area (Å²) in [5.41, 5.74) is 10.00. The predicted molar refractivity (Wildman–Crippen MR) is 216 cm³/mol. The number of carboxylic acid groups (broad SMARTS) is 1. The Kier molecular flexibility index (Phi) is 26.8. The fraction of sp³-hybridized carbons (Fsp3) is 0.757. The van der Waals surface area contributed by atoms with Gasteiger partial charge in [-0.2, -0.15) is 0 Å². The van der Waals surface area contributed by atoms with Gasteiger partial charge in [-0.1, -0.05) is 27.2 Å². The van der Waals surface area contributed by atoms with Crippen LogP contribution in [0.15, 0.2) is 0 Å². The number of carboxylic acids is 1. The number of rotatable bonds is 28. The van der Waals surface area contributed by atoms with Crippen LogP contribution in [0, 0.1) is 5.92 Å². The van der Waals surface area contributed by atoms with Crippen molar-refractivity contribution in [1.82, 2.24) is 31.5 Å². The quantitative estimate of drug-likeness (QED) is 0.0435. The number of imide groups is 1. The van der Waals surface area contributed by atoms with Gasteiger partial charge in [0.1, 0.15) is 12.1 Å². The lowest BCUT2D eigenvalue weighted by Gasteiger charge is -2.24. The number of hydrogen-bond donors (Lipinski definition) is 8. The minimum atomic E-state index is -1.49. The molecule has 1 heterocycles. The van der Waals surface area contributed by atoms with Gasteiger partial charge in [0, 0.05) is 51.8 Å². The third-order valence-electron chi connectivity index (χ3n) is 8.70. The molecule has 1 saturated heterocycles. The maximum absolute atomic E-state index is 12.8. The molecule has 0 spiro atoms. The third kappa shape index (κ3) is 23.8. The Morgan fingerprint density at radius 3 is 2.12 bits per heavy atom. The summed E-state index contributed by atoms with van der Waals surface area (Å²) in [5.74, 6) is -6.68. The molecule has 0 aromatic heterocycles. The molecule has 0 saturated carbocycles. The normalized spacial score (nSPS) is 15.4. The summed E-state index contributed by atoms with van der Waals surface area (Å²) in [6.45, 7) is 11.9. The molecule has 1 aliphatic heterocycles. The summed E-state index contributed by atoms with van der Waals surface area (Å²) < 4.78 is 11.1. The fourth-order valence-corrected chi connectivity index (χ4v) is 5.97. The topological polar surface area (TPSA) is 308 Å². The molecule has 332 valence electrons. The lowest BCUT2D eigenvalue weighted by molar-refractivity contribution is -0.141. The molecule has 0 bridgehead atoms. The fourth-order valence-electron chi connectivity index (χ4n) is 4.85. The zero-order chi connectivity index (χ0) is 44.4. The van der Waals surface area contributed by atoms with Crippen molar-refractivity contribution in [3.8, 4) is 0 Å². The van der Waals surface area contributed by atoms with Crippen LogP contribution in [0.25, 0.3) is 0 Å². The number of nitrogens with two attached hydrogens (primary N) is 2. The molecule has 10 N–H and O–H groups in total. The first-order valence-corrected chi connectivity index (χ1v) is 20.5. The summed E-state index contributed by atoms with van der Waals surface area (Å²) >= 11 is 1.12. The smallest absolute Gasteiger partial charge is 0.305 e. The Bertz CT molecular complexity index is 1380. The lowest BCUT2D eigenvalue weighted by atomic mass is 10.0. The molecule has 0 radical (unpaired) electrons. The van der Waals surface area contributed by atoms with E-state index in [1.807, 2.05) is 20.8 Å². The third-order valence-corrected chi connectivity index (χ3v) is 9.91. The van der Waals surface area contributed by atoms with E-state index in [2.05, 4.69) is 33.5 Å². The average molecular weight is 847 g/mol. The van der Waals surface area contributed by atoms with Gasteiger partial charge < -0.3 is 52.6 Å². The molecule has 4 unspecified atom stereocenters. The van der Waals surface area contributed by atoms with Crippen molar-refractivity contribution in [2.75, 3.05) is 52.2 Å². The second-order valence-corrected chi connectivity index (χ2v) is 15.8. The molecule has 1 rings (SSSR count). The van der Waals surface area contributed by atoms with Crippen molar-refractivity contribution >= 4 is 65.0 Å². The molecule has 4 atom stereocenters. The minimum absolute atomic E-state index is 0.0438. The highest BCUT2D eigenvalue weighted by Crippen LogP contribution is 2.26. The standard InChI is InChI=1S/C33H55N7O12S.C4H11N/c1-19(2)29(31(49)38-21(30(34)48)15-28(46)47)39-26(44)18-37-25(43)17-36-24(42)9-14-53-22-16-27(45)40(32(22)50)12-8-23(41)35-11-7-20(3)52-13-10-33(4,5)51-6;1-2-3-4-5/h19-22,29H,7-18H2,1-6H3,(H2,34,48)(H,35,41)(H,36,42)(H,37,43)(H,38,49)(H,39,44)(H,46,47);2-5H2,1H3. The Balaban J connectivity index is 0.00000609. The molecule has 21 heteroatoms. The number of unbranched alkanes of at least 4 members (excludes halogenated alkanes) is 1. The number of amides is 8. The van der Waals surface area contributed by atoms with E-state index in [-0.39, 0.29) is 49.2 Å². The Morgan fingerprint density at radius 2 is 1.57 bits per heavy atom. The number of methoxy groups -OCH3 is 1. The van der Waals surface area contributed by atoms with Crippen molar-refractivity contribution in [3.63, 3.8) is 0 Å². The summed E-state index contributed by atoms with van der Waals surface area (Å²) in [7, 11) is 1.64. The van der Waals surface area contributed by atoms with Gasteiger partial charge in [0.2, 0.25) is 47.3 Å². The van der Waals surface area contributed by atoms with E-state index >= 15 is 0 Å². The zero-order valence-electron chi connectivity index (χ0n) is 34.9. The van der Waals surface area contributed by atoms with Gasteiger partial charge >= 0.3 is 5.97 Å². The number of nitrogens with one attached hydrogen (secondary N) is 5. The van der Waals surface area contributed by atoms with E-state index in [1.165, 1.54) is 12.8 Å². The second kappa shape index (κ2) is 29.0. The van der Waals surface area contributed by atoms with Crippen LogP contribution in [0.3, 0.4) is 0 Å². The number of thioether (sulfide) groups is 1. The van der Waals surface area contributed by atoms with Crippen molar-refractivity contribution in [2.45, 2.75) is 122 Å². The number of likely N-dealkylation sites (tertiary alicyclic amines) is 1. The number of primary amides is 1. The van der Waals surface area contributed by atoms with E-state index in [1.54, 1.807) is 21.0 Å². The van der Waals surface area contributed by atoms with Crippen LogP contribution in [0.4, 0.5) is 0 Å². The summed E-state index contributed by atoms with van der Waals surface area (Å²) in [5, 5.41) is 20.3. The van der Waals surface area contributed by atoms with Crippen LogP contribution in [-0.4, -0.2) is 144 Å². The lowest BCUT2D eigenvalue weighted by Crippen LogP contribution is -2.56. The van der Waals surface area contributed by atoms with E-state index in [0.29, 0.717) is 19.6 Å². The van der Waals surface area contributed by atoms with Gasteiger partial charge in [-0.15, -0.1) is 11.8 Å². The van der Waals surface area contributed by atoms with Crippen LogP contribution in [-0.2, 0) is 52.6 Å². The van der Waals surface area contributed by atoms with Gasteiger partial charge in [0.15, 0.2) is 0 Å². The monoisotopic (exact) mass is 846 g/mol. The number of carbonyl (C=O) groups is 9. The van der Waals surface area contributed by atoms with Crippen molar-refractivity contribution in [3.05, 3.63) is 0 Å². The molecule has 0 aliphatic carbocycles. The van der Waals surface area contributed by atoms with Crippen LogP contribution in [0.2, 0.25) is 0 Å². The van der Waals surface area contributed by atoms with E-state index < -0.39 is 90.1 Å². The van der Waals surface area contributed by atoms with E-state index in [9.17, 15) is 43.2 Å². The number of aliphatic carboxylic acids is 1. The molecule has 58 heavy (non-hydrogen) atoms. The number of ether oxygens (including phenoxy) is 2. The maximum atomic E-state index is 12.8. The Hall–Kier alpha value is -4.34. The van der Waals surface area contributed by atoms with Gasteiger partial charge in [-0.25, -0.2) is 0 Å². The Labute approximate surface area is 345 Å². The molecule has 0 aromatic carbocycles. The first-order chi connectivity index (χ1) is 27.2. The van der Waals surface area contributed by atoms with Crippen LogP contribution in [0.1, 0.15) is 92.9 Å². The average Bonchev–Trinajstić information content (AvgIpc) is 3.41. The van der Waals surface area contributed by atoms with Gasteiger partial charge in [-0.3, -0.25) is 48.1 Å². The van der Waals surface area contributed by atoms with Gasteiger partial charge in [0.05, 0.1) is 36.5 Å². The predicted octanol–water partition coefficient (Wildman–Crippen LogP) is -1.08. The highest BCUT2D eigenvalue weighted by molar-refractivity contribution is 8.00. The summed E-state index contributed by atoms with van der Waals surface area (Å²) in [4.78, 5) is 110. The maximum Gasteiger partial charge on any atom is 0.305 e. The molecule has 1 aliphatic rings. The summed E-state index contributed by atoms with van der Waals surface area (Å²) in [6, 6.07) is -2.66. The van der Waals surface area contributed by atoms with Gasteiger partial charge in [0.25, 0.3) is 0 Å². The Morgan fingerprint density at radius 1 is 0.948 bits per heavy atom. The molecule has 1 fully saturated rings. The number of nitrogens with zero attached hydrogens (tertiary/aromatic N) is 1. The van der Waals surface area contributed by atoms with Crippen molar-refractivity contribution in [2.24, 2.45) is 17.4 Å². The number of carbonyl (C=O) groups excluding carboxylic acids is 8. The molecule has 0 aromatic rings. The molecular formula is C37H66N8O12S. The molecule has 20 nitrogen and oxygen atoms in total. The molecule has 8 amide bonds. The van der Waals surface area contributed by atoms with Crippen molar-refractivity contribution < 1.29 is 57.7 Å². The second-order valence-electron chi connectivity index (χ2n) is 14.5. The largest absolute Gasteiger partial charge is 0.481 e. The zero-order valence-corrected chi connectivity index (χ0v) is 35.8. The highest BCUT2D eigenvalue weighted by atomic mass is 32.2. The SMILES string of the molecule is CCCCN.COC(C)(C)CCOC(C)CCNC(=O)CCN1C(=O)CC(SCCC(=O)NCC(=O)NCC(=O)NC(C(=O)NC(CC(=O)O)C(N)=O)C(C)C)C1=O. The first-order valence-electron chi connectivity index (χ1n) is 19.4. The van der Waals surface area contributed by atoms with Gasteiger partial charge in [-0.05, 0) is 52.5 Å². The first kappa shape index (κ1) is 53.7. The highest BCUT2D eigenvalue weighted by Gasteiger charge is 2.38. The minimum Gasteiger partial charge on any atom is -0.481 e. The van der Waals surface area contributed by atoms with Crippen LogP contribution >= 0.6 is 11.8 Å². The molecular weight excluding hydrogens is 781 g/mol. The van der Waals surface area contributed by atoms with Crippen LogP contribution in [0.5, 0.6) is 0 Å². The van der Waals surface area contributed by atoms with Crippen molar-refractivity contribution in [1.29, 1.82) is 0 Å². The van der Waals surface area contributed by atoms with Crippen LogP contribution < -0.4 is 38.1 Å². The number of hydrogen-bond acceptors (Lipinski definition) is 13. The van der Waals surface area contributed by atoms with E-state index in [4.69, 9.17) is 26.0 Å². The summed E-state index contributed by atoms with van der Waals surface area (Å²) in [6.07, 6.45) is 2.72. The van der Waals surface area contributed by atoms with E-state index in [0.717, 1.165) is 29.6 Å².